The minimum atomic E-state index is -3.64. The third-order valence-electron chi connectivity index (χ3n) is 5.67. The molecule has 0 atom stereocenters. The van der Waals surface area contributed by atoms with Crippen molar-refractivity contribution in [2.75, 3.05) is 0 Å². The Bertz CT molecular complexity index is 1080. The van der Waals surface area contributed by atoms with Crippen molar-refractivity contribution in [2.24, 2.45) is 0 Å². The predicted molar refractivity (Wildman–Crippen MR) is 126 cm³/mol. The monoisotopic (exact) mass is 423 g/mol. The largest absolute Gasteiger partial charge is 0.267 e. The van der Waals surface area contributed by atoms with Crippen molar-refractivity contribution >= 4 is 10.0 Å². The van der Waals surface area contributed by atoms with Crippen LogP contribution in [0.4, 0.5) is 0 Å². The molecule has 0 aliphatic rings. The van der Waals surface area contributed by atoms with Crippen LogP contribution >= 0.6 is 0 Å². The van der Waals surface area contributed by atoms with Gasteiger partial charge in [0.2, 0.25) is 0 Å². The number of aryl methyl sites for hydroxylation is 2. The van der Waals surface area contributed by atoms with E-state index in [1.165, 1.54) is 11.1 Å². The highest BCUT2D eigenvalue weighted by Gasteiger charge is 2.25. The van der Waals surface area contributed by atoms with E-state index in [1.807, 2.05) is 25.3 Å². The Morgan fingerprint density at radius 3 is 1.87 bits per heavy atom. The van der Waals surface area contributed by atoms with E-state index in [4.69, 9.17) is 0 Å². The van der Waals surface area contributed by atoms with Gasteiger partial charge in [-0.25, -0.2) is 12.4 Å². The summed E-state index contributed by atoms with van der Waals surface area (Å²) < 4.78 is 28.8. The Labute approximate surface area is 181 Å². The van der Waals surface area contributed by atoms with Crippen molar-refractivity contribution < 1.29 is 8.42 Å². The van der Waals surface area contributed by atoms with E-state index in [9.17, 15) is 8.42 Å². The normalized spacial score (nSPS) is 11.7. The van der Waals surface area contributed by atoms with E-state index in [0.717, 1.165) is 60.9 Å². The molecule has 2 aromatic carbocycles. The Kier molecular flexibility index (Phi) is 7.19. The van der Waals surface area contributed by atoms with E-state index < -0.39 is 10.0 Å². The van der Waals surface area contributed by atoms with Crippen LogP contribution in [0.3, 0.4) is 0 Å². The highest BCUT2D eigenvalue weighted by molar-refractivity contribution is 7.90. The molecule has 0 radical (unpaired) electrons. The quantitative estimate of drug-likeness (QED) is 0.384. The van der Waals surface area contributed by atoms with Crippen LogP contribution < -0.4 is 0 Å². The molecule has 3 nitrogen and oxygen atoms in total. The molecule has 0 spiro atoms. The number of hydrogen-bond donors (Lipinski definition) is 0. The zero-order valence-corrected chi connectivity index (χ0v) is 19.4. The van der Waals surface area contributed by atoms with E-state index in [2.05, 4.69) is 45.0 Å². The van der Waals surface area contributed by atoms with Gasteiger partial charge in [-0.3, -0.25) is 0 Å². The molecule has 3 rings (SSSR count). The molecule has 0 fully saturated rings. The van der Waals surface area contributed by atoms with Gasteiger partial charge in [0.05, 0.1) is 4.90 Å². The van der Waals surface area contributed by atoms with E-state index in [-0.39, 0.29) is 0 Å². The fourth-order valence-electron chi connectivity index (χ4n) is 3.82. The van der Waals surface area contributed by atoms with Crippen molar-refractivity contribution in [3.63, 3.8) is 0 Å². The van der Waals surface area contributed by atoms with Gasteiger partial charge in [0.1, 0.15) is 0 Å². The fraction of sp³-hybridized carbons (Fsp3) is 0.385. The van der Waals surface area contributed by atoms with Crippen molar-refractivity contribution in [1.29, 1.82) is 0 Å². The number of hydrogen-bond acceptors (Lipinski definition) is 2. The SMILES string of the molecule is CCCCc1c(-c2ccc(C)cc2)cn(S(=O)(=O)c2ccc(C)cc2)c1CCCC. The molecular formula is C26H33NO2S. The van der Waals surface area contributed by atoms with Gasteiger partial charge in [0, 0.05) is 17.5 Å². The molecule has 0 aliphatic heterocycles. The average molecular weight is 424 g/mol. The highest BCUT2D eigenvalue weighted by Crippen LogP contribution is 2.33. The van der Waals surface area contributed by atoms with Crippen LogP contribution in [0.15, 0.2) is 59.6 Å². The van der Waals surface area contributed by atoms with E-state index in [1.54, 1.807) is 16.1 Å². The molecule has 0 aliphatic carbocycles. The van der Waals surface area contributed by atoms with Gasteiger partial charge in [-0.15, -0.1) is 0 Å². The second-order valence-corrected chi connectivity index (χ2v) is 9.97. The van der Waals surface area contributed by atoms with Crippen LogP contribution in [0.25, 0.3) is 11.1 Å². The maximum Gasteiger partial charge on any atom is 0.267 e. The molecule has 1 heterocycles. The minimum absolute atomic E-state index is 0.346. The molecule has 0 unspecified atom stereocenters. The number of nitrogens with zero attached hydrogens (tertiary/aromatic N) is 1. The Morgan fingerprint density at radius 1 is 0.767 bits per heavy atom. The summed E-state index contributed by atoms with van der Waals surface area (Å²) in [4.78, 5) is 0.346. The molecule has 0 bridgehead atoms. The van der Waals surface area contributed by atoms with Gasteiger partial charge in [0.15, 0.2) is 0 Å². The zero-order chi connectivity index (χ0) is 21.7. The van der Waals surface area contributed by atoms with Crippen LogP contribution in [0, 0.1) is 13.8 Å². The van der Waals surface area contributed by atoms with Crippen LogP contribution in [-0.2, 0) is 22.9 Å². The van der Waals surface area contributed by atoms with Crippen LogP contribution in [0.2, 0.25) is 0 Å². The first-order chi connectivity index (χ1) is 14.4. The van der Waals surface area contributed by atoms with Gasteiger partial charge >= 0.3 is 0 Å². The number of unbranched alkanes of at least 4 members (excludes halogenated alkanes) is 2. The van der Waals surface area contributed by atoms with Crippen molar-refractivity contribution in [3.8, 4) is 11.1 Å². The summed E-state index contributed by atoms with van der Waals surface area (Å²) in [6.07, 6.45) is 7.66. The molecule has 0 N–H and O–H groups in total. The van der Waals surface area contributed by atoms with Crippen molar-refractivity contribution in [2.45, 2.75) is 71.1 Å². The second kappa shape index (κ2) is 9.65. The first kappa shape index (κ1) is 22.4. The van der Waals surface area contributed by atoms with Gasteiger partial charge in [-0.05, 0) is 62.8 Å². The highest BCUT2D eigenvalue weighted by atomic mass is 32.2. The fourth-order valence-corrected chi connectivity index (χ4v) is 5.26. The van der Waals surface area contributed by atoms with E-state index >= 15 is 0 Å². The van der Waals surface area contributed by atoms with E-state index in [0.29, 0.717) is 4.90 Å². The summed E-state index contributed by atoms with van der Waals surface area (Å²) >= 11 is 0. The molecule has 1 aromatic heterocycles. The summed E-state index contributed by atoms with van der Waals surface area (Å²) in [5, 5.41) is 0. The first-order valence-electron chi connectivity index (χ1n) is 11.0. The molecule has 30 heavy (non-hydrogen) atoms. The molecular weight excluding hydrogens is 390 g/mol. The van der Waals surface area contributed by atoms with Crippen LogP contribution in [0.5, 0.6) is 0 Å². The summed E-state index contributed by atoms with van der Waals surface area (Å²) in [6.45, 7) is 8.37. The third-order valence-corrected chi connectivity index (χ3v) is 7.39. The maximum absolute atomic E-state index is 13.6. The smallest absolute Gasteiger partial charge is 0.245 e. The molecule has 0 saturated carbocycles. The molecule has 160 valence electrons. The average Bonchev–Trinajstić information content (AvgIpc) is 3.10. The van der Waals surface area contributed by atoms with Crippen LogP contribution in [-0.4, -0.2) is 12.4 Å². The van der Waals surface area contributed by atoms with Gasteiger partial charge in [-0.2, -0.15) is 0 Å². The summed E-state index contributed by atoms with van der Waals surface area (Å²) in [5.41, 5.74) is 6.52. The summed E-state index contributed by atoms with van der Waals surface area (Å²) in [5.74, 6) is 0. The lowest BCUT2D eigenvalue weighted by molar-refractivity contribution is 0.583. The van der Waals surface area contributed by atoms with Gasteiger partial charge in [-0.1, -0.05) is 74.2 Å². The maximum atomic E-state index is 13.6. The first-order valence-corrected chi connectivity index (χ1v) is 12.4. The lowest BCUT2D eigenvalue weighted by atomic mass is 9.96. The lowest BCUT2D eigenvalue weighted by Gasteiger charge is -2.13. The number of rotatable bonds is 9. The molecule has 0 amide bonds. The topological polar surface area (TPSA) is 39.1 Å². The predicted octanol–water partition coefficient (Wildman–Crippen LogP) is 6.69. The third kappa shape index (κ3) is 4.70. The number of benzene rings is 2. The molecule has 0 saturated heterocycles. The Morgan fingerprint density at radius 2 is 1.30 bits per heavy atom. The lowest BCUT2D eigenvalue weighted by Crippen LogP contribution is -2.15. The summed E-state index contributed by atoms with van der Waals surface area (Å²) in [7, 11) is -3.64. The van der Waals surface area contributed by atoms with Crippen molar-refractivity contribution in [3.05, 3.63) is 77.1 Å². The second-order valence-electron chi connectivity index (χ2n) is 8.16. The minimum Gasteiger partial charge on any atom is -0.245 e. The standard InChI is InChI=1S/C26H33NO2S/c1-5-7-9-24-25(22-15-11-20(3)12-16-22)19-27(26(24)10-8-6-2)30(28,29)23-17-13-21(4)14-18-23/h11-19H,5-10H2,1-4H3. The molecule has 3 aromatic rings. The number of aromatic nitrogens is 1. The van der Waals surface area contributed by atoms with Crippen molar-refractivity contribution in [1.82, 2.24) is 3.97 Å². The van der Waals surface area contributed by atoms with Crippen LogP contribution in [0.1, 0.15) is 61.9 Å². The Balaban J connectivity index is 2.22. The van der Waals surface area contributed by atoms with Gasteiger partial charge in [0.25, 0.3) is 10.0 Å². The van der Waals surface area contributed by atoms with Gasteiger partial charge < -0.3 is 0 Å². The zero-order valence-electron chi connectivity index (χ0n) is 18.6. The Hall–Kier alpha value is -2.33. The summed E-state index contributed by atoms with van der Waals surface area (Å²) in [6, 6.07) is 15.5. The molecule has 4 heteroatoms.